The third kappa shape index (κ3) is 4.44. The van der Waals surface area contributed by atoms with Gasteiger partial charge in [0.1, 0.15) is 0 Å². The number of ether oxygens (including phenoxy) is 1. The minimum Gasteiger partial charge on any atom is -0.381 e. The van der Waals surface area contributed by atoms with Crippen molar-refractivity contribution in [3.8, 4) is 0 Å². The predicted octanol–water partition coefficient (Wildman–Crippen LogP) is 2.75. The molecule has 0 bridgehead atoms. The summed E-state index contributed by atoms with van der Waals surface area (Å²) in [7, 11) is 0. The fourth-order valence-electron chi connectivity index (χ4n) is 3.20. The minimum atomic E-state index is -0.154. The highest BCUT2D eigenvalue weighted by Crippen LogP contribution is 2.21. The fourth-order valence-corrected chi connectivity index (χ4v) is 3.38. The standard InChI is InChI=1S/C18H24ClN3O3/c1-13-3-4-15(11-16(13)19)20-18(24)22-7-2-6-21(8-9-22)17(23)14-5-10-25-12-14/h3-4,11,14H,2,5-10,12H2,1H3,(H,20,24). The van der Waals surface area contributed by atoms with Crippen LogP contribution in [0.25, 0.3) is 0 Å². The smallest absolute Gasteiger partial charge is 0.321 e. The van der Waals surface area contributed by atoms with E-state index in [0.29, 0.717) is 50.1 Å². The third-order valence-electron chi connectivity index (χ3n) is 4.80. The topological polar surface area (TPSA) is 61.9 Å². The summed E-state index contributed by atoms with van der Waals surface area (Å²) in [5, 5.41) is 3.51. The molecule has 1 aromatic rings. The summed E-state index contributed by atoms with van der Waals surface area (Å²) in [6.07, 6.45) is 1.58. The summed E-state index contributed by atoms with van der Waals surface area (Å²) in [5.41, 5.74) is 1.65. The van der Waals surface area contributed by atoms with Gasteiger partial charge < -0.3 is 19.9 Å². The van der Waals surface area contributed by atoms with Crippen LogP contribution in [0.5, 0.6) is 0 Å². The summed E-state index contributed by atoms with van der Waals surface area (Å²) in [6, 6.07) is 5.32. The molecule has 2 saturated heterocycles. The van der Waals surface area contributed by atoms with Gasteiger partial charge in [-0.15, -0.1) is 0 Å². The molecule has 3 rings (SSSR count). The van der Waals surface area contributed by atoms with Gasteiger partial charge in [-0.05, 0) is 37.5 Å². The molecular formula is C18H24ClN3O3. The lowest BCUT2D eigenvalue weighted by Crippen LogP contribution is -2.41. The largest absolute Gasteiger partial charge is 0.381 e. The maximum Gasteiger partial charge on any atom is 0.321 e. The average molecular weight is 366 g/mol. The zero-order valence-corrected chi connectivity index (χ0v) is 15.2. The number of halogens is 1. The van der Waals surface area contributed by atoms with Gasteiger partial charge in [-0.3, -0.25) is 4.79 Å². The van der Waals surface area contributed by atoms with Crippen molar-refractivity contribution in [2.24, 2.45) is 5.92 Å². The van der Waals surface area contributed by atoms with Crippen LogP contribution < -0.4 is 5.32 Å². The van der Waals surface area contributed by atoms with Gasteiger partial charge in [0.2, 0.25) is 5.91 Å². The molecule has 0 radical (unpaired) electrons. The van der Waals surface area contributed by atoms with Gasteiger partial charge >= 0.3 is 6.03 Å². The van der Waals surface area contributed by atoms with E-state index in [2.05, 4.69) is 5.32 Å². The Kier molecular flexibility index (Phi) is 5.81. The molecule has 0 aliphatic carbocycles. The zero-order chi connectivity index (χ0) is 17.8. The number of amides is 3. The van der Waals surface area contributed by atoms with E-state index in [1.165, 1.54) is 0 Å². The van der Waals surface area contributed by atoms with Crippen LogP contribution in [0.3, 0.4) is 0 Å². The minimum absolute atomic E-state index is 0.0184. The number of anilines is 1. The van der Waals surface area contributed by atoms with Crippen molar-refractivity contribution in [1.82, 2.24) is 9.80 Å². The van der Waals surface area contributed by atoms with Crippen LogP contribution in [0.1, 0.15) is 18.4 Å². The molecule has 2 heterocycles. The lowest BCUT2D eigenvalue weighted by atomic mass is 10.1. The summed E-state index contributed by atoms with van der Waals surface area (Å²) in [6.45, 7) is 5.53. The van der Waals surface area contributed by atoms with E-state index in [4.69, 9.17) is 16.3 Å². The fraction of sp³-hybridized carbons (Fsp3) is 0.556. The quantitative estimate of drug-likeness (QED) is 0.876. The van der Waals surface area contributed by atoms with Gasteiger partial charge in [-0.1, -0.05) is 17.7 Å². The monoisotopic (exact) mass is 365 g/mol. The molecule has 0 saturated carbocycles. The Balaban J connectivity index is 1.55. The van der Waals surface area contributed by atoms with Crippen LogP contribution >= 0.6 is 11.6 Å². The molecule has 0 spiro atoms. The first kappa shape index (κ1) is 18.0. The lowest BCUT2D eigenvalue weighted by molar-refractivity contribution is -0.135. The third-order valence-corrected chi connectivity index (χ3v) is 5.20. The number of hydrogen-bond acceptors (Lipinski definition) is 3. The van der Waals surface area contributed by atoms with E-state index in [0.717, 1.165) is 18.4 Å². The Morgan fingerprint density at radius 1 is 1.20 bits per heavy atom. The van der Waals surface area contributed by atoms with Gasteiger partial charge in [0, 0.05) is 43.5 Å². The lowest BCUT2D eigenvalue weighted by Gasteiger charge is -2.24. The molecule has 25 heavy (non-hydrogen) atoms. The van der Waals surface area contributed by atoms with E-state index >= 15 is 0 Å². The first-order valence-electron chi connectivity index (χ1n) is 8.73. The SMILES string of the molecule is Cc1ccc(NC(=O)N2CCCN(C(=O)C3CCOC3)CC2)cc1Cl. The molecule has 1 N–H and O–H groups in total. The van der Waals surface area contributed by atoms with Crippen LogP contribution in [0, 0.1) is 12.8 Å². The summed E-state index contributed by atoms with van der Waals surface area (Å²) in [4.78, 5) is 28.6. The van der Waals surface area contributed by atoms with E-state index < -0.39 is 0 Å². The molecule has 0 aromatic heterocycles. The maximum atomic E-state index is 12.5. The van der Waals surface area contributed by atoms with E-state index in [1.54, 1.807) is 11.0 Å². The van der Waals surface area contributed by atoms with Crippen molar-refractivity contribution in [3.63, 3.8) is 0 Å². The highest BCUT2D eigenvalue weighted by Gasteiger charge is 2.29. The van der Waals surface area contributed by atoms with Crippen molar-refractivity contribution in [2.45, 2.75) is 19.8 Å². The molecule has 2 aliphatic heterocycles. The Labute approximate surface area is 153 Å². The molecule has 136 valence electrons. The Bertz CT molecular complexity index is 646. The first-order valence-corrected chi connectivity index (χ1v) is 9.11. The Morgan fingerprint density at radius 2 is 1.96 bits per heavy atom. The van der Waals surface area contributed by atoms with Crippen molar-refractivity contribution in [3.05, 3.63) is 28.8 Å². The second kappa shape index (κ2) is 8.06. The summed E-state index contributed by atoms with van der Waals surface area (Å²) in [5.74, 6) is 0.139. The number of nitrogens with zero attached hydrogens (tertiary/aromatic N) is 2. The summed E-state index contributed by atoms with van der Waals surface area (Å²) < 4.78 is 5.31. The normalized spacial score (nSPS) is 21.1. The number of carbonyl (C=O) groups excluding carboxylic acids is 2. The second-order valence-corrected chi connectivity index (χ2v) is 7.03. The molecule has 2 aliphatic rings. The Morgan fingerprint density at radius 3 is 2.68 bits per heavy atom. The maximum absolute atomic E-state index is 12.5. The highest BCUT2D eigenvalue weighted by atomic mass is 35.5. The molecular weight excluding hydrogens is 342 g/mol. The van der Waals surface area contributed by atoms with Crippen molar-refractivity contribution >= 4 is 29.2 Å². The van der Waals surface area contributed by atoms with Crippen molar-refractivity contribution < 1.29 is 14.3 Å². The van der Waals surface area contributed by atoms with Gasteiger partial charge in [0.15, 0.2) is 0 Å². The number of hydrogen-bond donors (Lipinski definition) is 1. The number of aryl methyl sites for hydroxylation is 1. The second-order valence-electron chi connectivity index (χ2n) is 6.62. The van der Waals surface area contributed by atoms with Crippen molar-refractivity contribution in [1.29, 1.82) is 0 Å². The van der Waals surface area contributed by atoms with E-state index in [-0.39, 0.29) is 17.9 Å². The molecule has 1 aromatic carbocycles. The molecule has 1 unspecified atom stereocenters. The first-order chi connectivity index (χ1) is 12.0. The summed E-state index contributed by atoms with van der Waals surface area (Å²) >= 11 is 6.11. The molecule has 6 nitrogen and oxygen atoms in total. The highest BCUT2D eigenvalue weighted by molar-refractivity contribution is 6.31. The molecule has 2 fully saturated rings. The van der Waals surface area contributed by atoms with Crippen molar-refractivity contribution in [2.75, 3.05) is 44.7 Å². The van der Waals surface area contributed by atoms with Gasteiger partial charge in [0.25, 0.3) is 0 Å². The molecule has 1 atom stereocenters. The average Bonchev–Trinajstić information content (AvgIpc) is 3.02. The number of nitrogens with one attached hydrogen (secondary N) is 1. The van der Waals surface area contributed by atoms with Gasteiger partial charge in [0.05, 0.1) is 12.5 Å². The molecule has 7 heteroatoms. The van der Waals surface area contributed by atoms with Crippen LogP contribution in [-0.4, -0.2) is 61.1 Å². The Hall–Kier alpha value is -1.79. The van der Waals surface area contributed by atoms with Crippen LogP contribution in [0.2, 0.25) is 5.02 Å². The number of urea groups is 1. The molecule has 3 amide bonds. The van der Waals surface area contributed by atoms with Crippen LogP contribution in [0.15, 0.2) is 18.2 Å². The van der Waals surface area contributed by atoms with Crippen LogP contribution in [-0.2, 0) is 9.53 Å². The number of rotatable bonds is 2. The van der Waals surface area contributed by atoms with E-state index in [9.17, 15) is 9.59 Å². The van der Waals surface area contributed by atoms with Gasteiger partial charge in [-0.2, -0.15) is 0 Å². The predicted molar refractivity (Wildman–Crippen MR) is 96.9 cm³/mol. The van der Waals surface area contributed by atoms with Gasteiger partial charge in [-0.25, -0.2) is 4.79 Å². The number of carbonyl (C=O) groups is 2. The zero-order valence-electron chi connectivity index (χ0n) is 14.5. The number of benzene rings is 1. The van der Waals surface area contributed by atoms with E-state index in [1.807, 2.05) is 24.0 Å². The van der Waals surface area contributed by atoms with Crippen LogP contribution in [0.4, 0.5) is 10.5 Å².